The van der Waals surface area contributed by atoms with E-state index in [0.717, 1.165) is 18.5 Å². The van der Waals surface area contributed by atoms with Gasteiger partial charge in [-0.25, -0.2) is 0 Å². The smallest absolute Gasteiger partial charge is 0.0827 e. The lowest BCUT2D eigenvalue weighted by Crippen LogP contribution is -2.02. The van der Waals surface area contributed by atoms with Gasteiger partial charge in [-0.2, -0.15) is 0 Å². The molecule has 0 aliphatic heterocycles. The maximum Gasteiger partial charge on any atom is 0.0827 e. The summed E-state index contributed by atoms with van der Waals surface area (Å²) in [5, 5.41) is 0. The number of hydrogen-bond acceptors (Lipinski definition) is 2. The van der Waals surface area contributed by atoms with Crippen molar-refractivity contribution in [2.24, 2.45) is 0 Å². The molecule has 0 saturated heterocycles. The van der Waals surface area contributed by atoms with Gasteiger partial charge < -0.3 is 10.5 Å². The van der Waals surface area contributed by atoms with Gasteiger partial charge in [0.15, 0.2) is 0 Å². The molecular weight excluding hydrogens is 186 g/mol. The quantitative estimate of drug-likeness (QED) is 0.711. The van der Waals surface area contributed by atoms with E-state index in [1.165, 1.54) is 41.5 Å². The van der Waals surface area contributed by atoms with Crippen molar-refractivity contribution in [1.29, 1.82) is 0 Å². The zero-order valence-corrected chi connectivity index (χ0v) is 9.18. The van der Waals surface area contributed by atoms with E-state index in [4.69, 9.17) is 10.5 Å². The van der Waals surface area contributed by atoms with Gasteiger partial charge >= 0.3 is 0 Å². The van der Waals surface area contributed by atoms with Crippen LogP contribution in [0.5, 0.6) is 0 Å². The van der Waals surface area contributed by atoms with Crippen LogP contribution in [0.15, 0.2) is 6.07 Å². The minimum Gasteiger partial charge on any atom is -0.398 e. The summed E-state index contributed by atoms with van der Waals surface area (Å²) in [4.78, 5) is 0. The van der Waals surface area contributed by atoms with Gasteiger partial charge in [-0.1, -0.05) is 6.07 Å². The topological polar surface area (TPSA) is 35.2 Å². The average Bonchev–Trinajstić information content (AvgIpc) is 2.83. The molecule has 0 fully saturated rings. The number of hydrogen-bond donors (Lipinski definition) is 1. The highest BCUT2D eigenvalue weighted by atomic mass is 16.5. The SMILES string of the molecule is COC1CCc2c1cc1c(c2N)CCC1. The van der Waals surface area contributed by atoms with Crippen molar-refractivity contribution in [2.75, 3.05) is 12.8 Å². The van der Waals surface area contributed by atoms with Crippen LogP contribution < -0.4 is 5.73 Å². The van der Waals surface area contributed by atoms with Crippen molar-refractivity contribution >= 4 is 5.69 Å². The molecule has 1 atom stereocenters. The van der Waals surface area contributed by atoms with Crippen molar-refractivity contribution in [3.8, 4) is 0 Å². The van der Waals surface area contributed by atoms with Crippen molar-refractivity contribution in [1.82, 2.24) is 0 Å². The second kappa shape index (κ2) is 3.24. The predicted molar refractivity (Wildman–Crippen MR) is 61.0 cm³/mol. The van der Waals surface area contributed by atoms with E-state index in [0.29, 0.717) is 0 Å². The van der Waals surface area contributed by atoms with Gasteiger partial charge in [0.2, 0.25) is 0 Å². The average molecular weight is 203 g/mol. The monoisotopic (exact) mass is 203 g/mol. The van der Waals surface area contributed by atoms with Crippen LogP contribution in [0.25, 0.3) is 0 Å². The second-order valence-electron chi connectivity index (χ2n) is 4.61. The lowest BCUT2D eigenvalue weighted by atomic mass is 9.99. The van der Waals surface area contributed by atoms with Gasteiger partial charge in [0.05, 0.1) is 6.10 Å². The molecule has 0 spiro atoms. The largest absolute Gasteiger partial charge is 0.398 e. The van der Waals surface area contributed by atoms with Crippen molar-refractivity contribution in [3.05, 3.63) is 28.3 Å². The Kier molecular flexibility index (Phi) is 1.99. The number of nitrogen functional groups attached to an aromatic ring is 1. The van der Waals surface area contributed by atoms with Crippen LogP contribution in [0.4, 0.5) is 5.69 Å². The first-order valence-electron chi connectivity index (χ1n) is 5.77. The predicted octanol–water partition coefficient (Wildman–Crippen LogP) is 2.39. The van der Waals surface area contributed by atoms with E-state index in [2.05, 4.69) is 6.07 Å². The third-order valence-electron chi connectivity index (χ3n) is 3.88. The summed E-state index contributed by atoms with van der Waals surface area (Å²) in [7, 11) is 1.79. The molecule has 0 amide bonds. The molecule has 0 bridgehead atoms. The first kappa shape index (κ1) is 9.22. The number of fused-ring (bicyclic) bond motifs is 2. The van der Waals surface area contributed by atoms with Gasteiger partial charge in [-0.05, 0) is 54.4 Å². The Morgan fingerprint density at radius 3 is 2.93 bits per heavy atom. The Bertz CT molecular complexity index is 411. The number of nitrogens with two attached hydrogens (primary N) is 1. The fraction of sp³-hybridized carbons (Fsp3) is 0.538. The molecule has 2 aliphatic carbocycles. The van der Waals surface area contributed by atoms with Gasteiger partial charge in [0.1, 0.15) is 0 Å². The minimum absolute atomic E-state index is 0.285. The summed E-state index contributed by atoms with van der Waals surface area (Å²) in [6.07, 6.45) is 6.11. The molecule has 1 aromatic carbocycles. The number of rotatable bonds is 1. The lowest BCUT2D eigenvalue weighted by molar-refractivity contribution is 0.105. The van der Waals surface area contributed by atoms with Crippen LogP contribution in [0.3, 0.4) is 0 Å². The molecule has 0 aromatic heterocycles. The minimum atomic E-state index is 0.285. The van der Waals surface area contributed by atoms with Gasteiger partial charge in [-0.3, -0.25) is 0 Å². The highest BCUT2D eigenvalue weighted by molar-refractivity contribution is 5.63. The zero-order chi connectivity index (χ0) is 10.4. The number of benzene rings is 1. The van der Waals surface area contributed by atoms with Crippen LogP contribution in [-0.4, -0.2) is 7.11 Å². The number of anilines is 1. The van der Waals surface area contributed by atoms with Crippen molar-refractivity contribution in [2.45, 2.75) is 38.2 Å². The Balaban J connectivity index is 2.17. The molecule has 3 rings (SSSR count). The molecule has 0 radical (unpaired) electrons. The lowest BCUT2D eigenvalue weighted by Gasteiger charge is -2.13. The highest BCUT2D eigenvalue weighted by Gasteiger charge is 2.28. The molecular formula is C13H17NO. The van der Waals surface area contributed by atoms with Crippen LogP contribution in [-0.2, 0) is 24.0 Å². The number of aryl methyl sites for hydroxylation is 1. The summed E-state index contributed by atoms with van der Waals surface area (Å²) < 4.78 is 5.50. The molecule has 2 nitrogen and oxygen atoms in total. The Morgan fingerprint density at radius 1 is 1.27 bits per heavy atom. The molecule has 1 aromatic rings. The summed E-state index contributed by atoms with van der Waals surface area (Å²) in [5.74, 6) is 0. The number of ether oxygens (including phenoxy) is 1. The standard InChI is InChI=1S/C13H17NO/c1-15-12-6-5-10-11(12)7-8-3-2-4-9(8)13(10)14/h7,12H,2-6,14H2,1H3. The van der Waals surface area contributed by atoms with E-state index in [1.54, 1.807) is 7.11 Å². The van der Waals surface area contributed by atoms with Crippen LogP contribution in [0.1, 0.15) is 41.2 Å². The zero-order valence-electron chi connectivity index (χ0n) is 9.18. The maximum absolute atomic E-state index is 6.25. The second-order valence-corrected chi connectivity index (χ2v) is 4.61. The third-order valence-corrected chi connectivity index (χ3v) is 3.88. The maximum atomic E-state index is 6.25. The molecule has 1 unspecified atom stereocenters. The molecule has 2 N–H and O–H groups in total. The van der Waals surface area contributed by atoms with Crippen molar-refractivity contribution < 1.29 is 4.74 Å². The van der Waals surface area contributed by atoms with Gasteiger partial charge in [-0.15, -0.1) is 0 Å². The van der Waals surface area contributed by atoms with Crippen molar-refractivity contribution in [3.63, 3.8) is 0 Å². The number of methoxy groups -OCH3 is 1. The molecule has 0 heterocycles. The van der Waals surface area contributed by atoms with E-state index in [-0.39, 0.29) is 6.10 Å². The molecule has 0 saturated carbocycles. The normalized spacial score (nSPS) is 22.9. The van der Waals surface area contributed by atoms with Gasteiger partial charge in [0.25, 0.3) is 0 Å². The van der Waals surface area contributed by atoms with E-state index >= 15 is 0 Å². The summed E-state index contributed by atoms with van der Waals surface area (Å²) in [5.41, 5.74) is 12.9. The van der Waals surface area contributed by atoms with Crippen LogP contribution in [0.2, 0.25) is 0 Å². The van der Waals surface area contributed by atoms with E-state index in [9.17, 15) is 0 Å². The Labute approximate surface area is 90.4 Å². The Morgan fingerprint density at radius 2 is 2.13 bits per heavy atom. The van der Waals surface area contributed by atoms with Gasteiger partial charge in [0, 0.05) is 12.8 Å². The fourth-order valence-electron chi connectivity index (χ4n) is 3.09. The summed E-state index contributed by atoms with van der Waals surface area (Å²) in [6, 6.07) is 2.34. The van der Waals surface area contributed by atoms with E-state index in [1.807, 2.05) is 0 Å². The molecule has 2 heteroatoms. The first-order valence-corrected chi connectivity index (χ1v) is 5.77. The van der Waals surface area contributed by atoms with E-state index < -0.39 is 0 Å². The Hall–Kier alpha value is -1.02. The third kappa shape index (κ3) is 1.21. The first-order chi connectivity index (χ1) is 7.31. The summed E-state index contributed by atoms with van der Waals surface area (Å²) in [6.45, 7) is 0. The molecule has 80 valence electrons. The van der Waals surface area contributed by atoms with Crippen LogP contribution in [0, 0.1) is 0 Å². The highest BCUT2D eigenvalue weighted by Crippen LogP contribution is 2.41. The summed E-state index contributed by atoms with van der Waals surface area (Å²) >= 11 is 0. The molecule has 15 heavy (non-hydrogen) atoms. The van der Waals surface area contributed by atoms with Crippen LogP contribution >= 0.6 is 0 Å². The fourth-order valence-corrected chi connectivity index (χ4v) is 3.09. The molecule has 2 aliphatic rings.